The van der Waals surface area contributed by atoms with E-state index < -0.39 is 11.4 Å². The van der Waals surface area contributed by atoms with Crippen LogP contribution in [0.1, 0.15) is 73.4 Å². The van der Waals surface area contributed by atoms with Gasteiger partial charge < -0.3 is 18.8 Å². The number of hydrogen-bond acceptors (Lipinski definition) is 8. The van der Waals surface area contributed by atoms with Gasteiger partial charge in [-0.25, -0.2) is 19.2 Å². The van der Waals surface area contributed by atoms with Crippen molar-refractivity contribution < 1.29 is 23.4 Å². The van der Waals surface area contributed by atoms with Gasteiger partial charge in [0.1, 0.15) is 23.8 Å². The third kappa shape index (κ3) is 7.81. The van der Waals surface area contributed by atoms with E-state index in [4.69, 9.17) is 29.4 Å². The van der Waals surface area contributed by atoms with Crippen molar-refractivity contribution in [3.05, 3.63) is 101 Å². The van der Waals surface area contributed by atoms with Gasteiger partial charge in [-0.05, 0) is 88.2 Å². The molecule has 1 aliphatic heterocycles. The van der Waals surface area contributed by atoms with E-state index in [1.54, 1.807) is 24.3 Å². The number of carbonyl (C=O) groups excluding carboxylic acids is 1. The smallest absolute Gasteiger partial charge is 0.338 e. The highest BCUT2D eigenvalue weighted by Gasteiger charge is 2.23. The number of esters is 1. The van der Waals surface area contributed by atoms with Crippen LogP contribution >= 0.6 is 0 Å². The van der Waals surface area contributed by atoms with Crippen molar-refractivity contribution in [3.63, 3.8) is 0 Å². The molecule has 1 saturated heterocycles. The molecule has 9 nitrogen and oxygen atoms in total. The first-order chi connectivity index (χ1) is 23.1. The third-order valence-corrected chi connectivity index (χ3v) is 8.38. The molecule has 1 atom stereocenters. The summed E-state index contributed by atoms with van der Waals surface area (Å²) in [5.74, 6) is 0.466. The fourth-order valence-electron chi connectivity index (χ4n) is 5.90. The van der Waals surface area contributed by atoms with E-state index in [-0.39, 0.29) is 24.2 Å². The molecule has 248 valence electrons. The maximum Gasteiger partial charge on any atom is 0.338 e. The maximum absolute atomic E-state index is 14.4. The summed E-state index contributed by atoms with van der Waals surface area (Å²) in [6.45, 7) is 11.2. The summed E-state index contributed by atoms with van der Waals surface area (Å²) in [4.78, 5) is 25.0. The van der Waals surface area contributed by atoms with Crippen molar-refractivity contribution in [1.82, 2.24) is 19.4 Å². The van der Waals surface area contributed by atoms with E-state index in [2.05, 4.69) is 28.5 Å². The van der Waals surface area contributed by atoms with Crippen LogP contribution in [0.5, 0.6) is 5.88 Å². The molecular formula is C38H40FN5O4. The van der Waals surface area contributed by atoms with E-state index in [1.807, 2.05) is 51.1 Å². The molecule has 10 heteroatoms. The highest BCUT2D eigenvalue weighted by atomic mass is 19.1. The van der Waals surface area contributed by atoms with Crippen molar-refractivity contribution >= 4 is 27.9 Å². The molecule has 1 fully saturated rings. The number of ether oxygens (including phenoxy) is 3. The van der Waals surface area contributed by atoms with Gasteiger partial charge in [-0.1, -0.05) is 25.1 Å². The van der Waals surface area contributed by atoms with Gasteiger partial charge in [-0.15, -0.1) is 0 Å². The number of rotatable bonds is 11. The number of halogens is 1. The number of aromatic nitrogens is 3. The summed E-state index contributed by atoms with van der Waals surface area (Å²) in [7, 11) is 0. The summed E-state index contributed by atoms with van der Waals surface area (Å²) in [5, 5.41) is 9.96. The van der Waals surface area contributed by atoms with Crippen molar-refractivity contribution in [1.29, 1.82) is 5.26 Å². The van der Waals surface area contributed by atoms with Gasteiger partial charge in [0.2, 0.25) is 5.88 Å². The summed E-state index contributed by atoms with van der Waals surface area (Å²) >= 11 is 0. The van der Waals surface area contributed by atoms with Crippen LogP contribution in [-0.2, 0) is 35.7 Å². The molecule has 6 rings (SSSR count). The number of imidazole rings is 1. The molecule has 2 aromatic heterocycles. The zero-order valence-corrected chi connectivity index (χ0v) is 27.8. The zero-order chi connectivity index (χ0) is 33.8. The molecule has 3 heterocycles. The Morgan fingerprint density at radius 1 is 1.06 bits per heavy atom. The number of hydrogen-bond donors (Lipinski definition) is 0. The average molecular weight is 650 g/mol. The maximum atomic E-state index is 14.4. The minimum atomic E-state index is -0.588. The van der Waals surface area contributed by atoms with E-state index >= 15 is 0 Å². The number of benzene rings is 3. The molecule has 48 heavy (non-hydrogen) atoms. The first-order valence-electron chi connectivity index (χ1n) is 16.4. The van der Waals surface area contributed by atoms with Crippen molar-refractivity contribution in [2.75, 3.05) is 13.2 Å². The fourth-order valence-corrected chi connectivity index (χ4v) is 5.90. The quantitative estimate of drug-likeness (QED) is 0.137. The Hall–Kier alpha value is -4.85. The Balaban J connectivity index is 1.21. The van der Waals surface area contributed by atoms with Crippen LogP contribution in [0, 0.1) is 17.1 Å². The average Bonchev–Trinajstić information content (AvgIpc) is 3.70. The van der Waals surface area contributed by atoms with Crippen molar-refractivity contribution in [2.45, 2.75) is 78.5 Å². The monoisotopic (exact) mass is 649 g/mol. The van der Waals surface area contributed by atoms with Crippen molar-refractivity contribution in [2.24, 2.45) is 0 Å². The predicted octanol–water partition coefficient (Wildman–Crippen LogP) is 7.33. The minimum absolute atomic E-state index is 0.00547. The summed E-state index contributed by atoms with van der Waals surface area (Å²) in [5.41, 5.74) is 4.12. The lowest BCUT2D eigenvalue weighted by molar-refractivity contribution is 0.00696. The Bertz CT molecular complexity index is 1990. The second kappa shape index (κ2) is 14.1. The van der Waals surface area contributed by atoms with Crippen molar-refractivity contribution in [3.8, 4) is 11.9 Å². The molecule has 0 amide bonds. The molecule has 0 radical (unpaired) electrons. The lowest BCUT2D eigenvalue weighted by Crippen LogP contribution is -2.26. The van der Waals surface area contributed by atoms with E-state index in [1.165, 1.54) is 6.07 Å². The van der Waals surface area contributed by atoms with Crippen LogP contribution in [0.3, 0.4) is 0 Å². The van der Waals surface area contributed by atoms with Gasteiger partial charge in [0.25, 0.3) is 0 Å². The van der Waals surface area contributed by atoms with E-state index in [9.17, 15) is 9.18 Å². The second-order valence-corrected chi connectivity index (χ2v) is 13.2. The highest BCUT2D eigenvalue weighted by molar-refractivity contribution is 5.94. The predicted molar refractivity (Wildman–Crippen MR) is 181 cm³/mol. The molecule has 0 unspecified atom stereocenters. The van der Waals surface area contributed by atoms with Gasteiger partial charge in [0.15, 0.2) is 0 Å². The lowest BCUT2D eigenvalue weighted by atomic mass is 10.1. The topological polar surface area (TPSA) is 103 Å². The number of carbonyl (C=O) groups is 1. The van der Waals surface area contributed by atoms with Gasteiger partial charge in [-0.2, -0.15) is 5.26 Å². The Morgan fingerprint density at radius 3 is 2.62 bits per heavy atom. The largest absolute Gasteiger partial charge is 0.473 e. The molecule has 0 spiro atoms. The number of nitrogens with zero attached hydrogens (tertiary/aromatic N) is 5. The summed E-state index contributed by atoms with van der Waals surface area (Å²) in [6.07, 6.45) is 2.12. The van der Waals surface area contributed by atoms with Gasteiger partial charge in [-0.3, -0.25) is 4.90 Å². The first-order valence-corrected chi connectivity index (χ1v) is 16.4. The molecule has 0 bridgehead atoms. The standard InChI is InChI=1S/C38H40FN5O4/c1-5-43(21-26-9-10-27-13-15-36(42-33(27)18-26)47-24-29-11-8-25(20-40)17-31(29)39)23-35-41-32-14-12-28(37(45)48-38(2,3)4)19-34(32)44(35)22-30-7-6-16-46-30/h8-15,17-19,30H,5-7,16,21-24H2,1-4H3/t30-/m0/s1. The van der Waals surface area contributed by atoms with Gasteiger partial charge in [0, 0.05) is 30.2 Å². The molecular weight excluding hydrogens is 609 g/mol. The van der Waals surface area contributed by atoms with Crippen LogP contribution in [0.25, 0.3) is 21.9 Å². The van der Waals surface area contributed by atoms with Gasteiger partial charge in [0.05, 0.1) is 52.9 Å². The Kier molecular flexibility index (Phi) is 9.71. The van der Waals surface area contributed by atoms with Crippen LogP contribution in [0.2, 0.25) is 0 Å². The number of nitriles is 1. The minimum Gasteiger partial charge on any atom is -0.473 e. The normalized spacial score (nSPS) is 14.9. The van der Waals surface area contributed by atoms with E-state index in [0.29, 0.717) is 36.6 Å². The summed E-state index contributed by atoms with van der Waals surface area (Å²) in [6, 6.07) is 21.7. The van der Waals surface area contributed by atoms with Crippen LogP contribution in [-0.4, -0.2) is 50.3 Å². The second-order valence-electron chi connectivity index (χ2n) is 13.2. The molecule has 3 aromatic carbocycles. The van der Waals surface area contributed by atoms with Crippen LogP contribution < -0.4 is 4.74 Å². The van der Waals surface area contributed by atoms with Crippen LogP contribution in [0.4, 0.5) is 4.39 Å². The fraction of sp³-hybridized carbons (Fsp3) is 0.368. The Labute approximate surface area is 279 Å². The number of fused-ring (bicyclic) bond motifs is 2. The molecule has 5 aromatic rings. The lowest BCUT2D eigenvalue weighted by Gasteiger charge is -2.22. The van der Waals surface area contributed by atoms with Crippen LogP contribution in [0.15, 0.2) is 66.7 Å². The SMILES string of the molecule is CCN(Cc1ccc2ccc(OCc3ccc(C#N)cc3F)nc2c1)Cc1nc2ccc(C(=O)OC(C)(C)C)cc2n1C[C@@H]1CCCO1. The third-order valence-electron chi connectivity index (χ3n) is 8.38. The van der Waals surface area contributed by atoms with Gasteiger partial charge >= 0.3 is 5.97 Å². The summed E-state index contributed by atoms with van der Waals surface area (Å²) < 4.78 is 34.0. The first kappa shape index (κ1) is 33.1. The molecule has 0 N–H and O–H groups in total. The highest BCUT2D eigenvalue weighted by Crippen LogP contribution is 2.26. The Morgan fingerprint density at radius 2 is 1.90 bits per heavy atom. The zero-order valence-electron chi connectivity index (χ0n) is 27.8. The van der Waals surface area contributed by atoms with E-state index in [0.717, 1.165) is 59.3 Å². The molecule has 1 aliphatic rings. The molecule has 0 saturated carbocycles. The molecule has 0 aliphatic carbocycles. The number of pyridine rings is 1.